The Morgan fingerprint density at radius 2 is 2.33 bits per heavy atom. The highest BCUT2D eigenvalue weighted by molar-refractivity contribution is 5.91. The van der Waals surface area contributed by atoms with E-state index in [1.54, 1.807) is 12.3 Å². The van der Waals surface area contributed by atoms with Crippen LogP contribution < -0.4 is 10.6 Å². The van der Waals surface area contributed by atoms with Gasteiger partial charge in [0.05, 0.1) is 0 Å². The van der Waals surface area contributed by atoms with Gasteiger partial charge in [-0.15, -0.1) is 0 Å². The number of pyridine rings is 1. The number of benzene rings is 1. The Kier molecular flexibility index (Phi) is 3.11. The lowest BCUT2D eigenvalue weighted by atomic mass is 10.1. The van der Waals surface area contributed by atoms with E-state index in [2.05, 4.69) is 15.6 Å². The highest BCUT2D eigenvalue weighted by Gasteiger charge is 2.14. The van der Waals surface area contributed by atoms with Crippen molar-refractivity contribution in [2.24, 2.45) is 0 Å². The molecule has 0 bridgehead atoms. The number of fused-ring (bicyclic) bond motifs is 1. The third-order valence-electron chi connectivity index (χ3n) is 3.41. The quantitative estimate of drug-likeness (QED) is 0.872. The zero-order chi connectivity index (χ0) is 12.4. The van der Waals surface area contributed by atoms with Gasteiger partial charge in [-0.1, -0.05) is 6.07 Å². The summed E-state index contributed by atoms with van der Waals surface area (Å²) in [5.74, 6) is 0.540. The topological polar surface area (TPSA) is 37.0 Å². The molecule has 94 valence electrons. The Balaban J connectivity index is 1.84. The predicted molar refractivity (Wildman–Crippen MR) is 71.2 cm³/mol. The Bertz CT molecular complexity index is 550. The molecule has 2 heterocycles. The van der Waals surface area contributed by atoms with E-state index in [9.17, 15) is 4.39 Å². The van der Waals surface area contributed by atoms with Gasteiger partial charge < -0.3 is 10.6 Å². The van der Waals surface area contributed by atoms with Gasteiger partial charge in [-0.3, -0.25) is 0 Å². The van der Waals surface area contributed by atoms with Gasteiger partial charge in [-0.25, -0.2) is 9.37 Å². The zero-order valence-electron chi connectivity index (χ0n) is 10.1. The van der Waals surface area contributed by atoms with Crippen molar-refractivity contribution < 1.29 is 4.39 Å². The van der Waals surface area contributed by atoms with Crippen LogP contribution in [0.2, 0.25) is 0 Å². The van der Waals surface area contributed by atoms with Crippen LogP contribution in [-0.4, -0.2) is 24.1 Å². The summed E-state index contributed by atoms with van der Waals surface area (Å²) in [6.07, 6.45) is 4.17. The van der Waals surface area contributed by atoms with Crippen molar-refractivity contribution in [2.75, 3.05) is 18.4 Å². The van der Waals surface area contributed by atoms with E-state index in [0.717, 1.165) is 29.7 Å². The van der Waals surface area contributed by atoms with E-state index >= 15 is 0 Å². The molecule has 0 amide bonds. The molecular weight excluding hydrogens is 229 g/mol. The fourth-order valence-corrected chi connectivity index (χ4v) is 2.43. The molecule has 18 heavy (non-hydrogen) atoms. The maximum atomic E-state index is 13.3. The summed E-state index contributed by atoms with van der Waals surface area (Å²) in [5.41, 5.74) is 0. The maximum absolute atomic E-state index is 13.3. The minimum atomic E-state index is -0.224. The average molecular weight is 245 g/mol. The van der Waals surface area contributed by atoms with E-state index in [1.807, 2.05) is 6.07 Å². The number of hydrogen-bond acceptors (Lipinski definition) is 3. The van der Waals surface area contributed by atoms with Crippen LogP contribution in [-0.2, 0) is 0 Å². The van der Waals surface area contributed by atoms with Crippen molar-refractivity contribution in [1.82, 2.24) is 10.3 Å². The smallest absolute Gasteiger partial charge is 0.133 e. The van der Waals surface area contributed by atoms with Crippen molar-refractivity contribution in [3.8, 4) is 0 Å². The number of nitrogens with one attached hydrogen (secondary N) is 2. The summed E-state index contributed by atoms with van der Waals surface area (Å²) in [6, 6.07) is 7.19. The summed E-state index contributed by atoms with van der Waals surface area (Å²) in [4.78, 5) is 4.30. The van der Waals surface area contributed by atoms with Gasteiger partial charge >= 0.3 is 0 Å². The third kappa shape index (κ3) is 2.29. The van der Waals surface area contributed by atoms with E-state index in [1.165, 1.54) is 25.0 Å². The molecule has 1 unspecified atom stereocenters. The largest absolute Gasteiger partial charge is 0.368 e. The average Bonchev–Trinajstić information content (AvgIpc) is 2.89. The minimum absolute atomic E-state index is 0.224. The number of rotatable bonds is 3. The Labute approximate surface area is 105 Å². The molecule has 1 atom stereocenters. The molecule has 1 aromatic carbocycles. The summed E-state index contributed by atoms with van der Waals surface area (Å²) in [7, 11) is 0. The molecule has 0 spiro atoms. The van der Waals surface area contributed by atoms with Crippen molar-refractivity contribution in [1.29, 1.82) is 0 Å². The van der Waals surface area contributed by atoms with Crippen LogP contribution in [0.1, 0.15) is 12.8 Å². The molecule has 0 radical (unpaired) electrons. The molecule has 1 aliphatic heterocycles. The van der Waals surface area contributed by atoms with Crippen LogP contribution in [0.15, 0.2) is 30.5 Å². The summed E-state index contributed by atoms with van der Waals surface area (Å²) >= 11 is 0. The van der Waals surface area contributed by atoms with E-state index < -0.39 is 0 Å². The second-order valence-corrected chi connectivity index (χ2v) is 4.70. The van der Waals surface area contributed by atoms with Crippen molar-refractivity contribution in [2.45, 2.75) is 18.9 Å². The fourth-order valence-electron chi connectivity index (χ4n) is 2.43. The van der Waals surface area contributed by atoms with Gasteiger partial charge in [0.15, 0.2) is 0 Å². The molecule has 3 rings (SSSR count). The normalized spacial score (nSPS) is 19.3. The highest BCUT2D eigenvalue weighted by atomic mass is 19.1. The molecule has 2 aromatic rings. The lowest BCUT2D eigenvalue weighted by Crippen LogP contribution is -2.29. The highest BCUT2D eigenvalue weighted by Crippen LogP contribution is 2.22. The second kappa shape index (κ2) is 4.90. The Hall–Kier alpha value is -1.68. The van der Waals surface area contributed by atoms with Gasteiger partial charge in [0.25, 0.3) is 0 Å². The standard InChI is InChI=1S/C14H16FN3/c15-11-4-3-10-5-7-17-14(13(10)8-11)18-9-12-2-1-6-16-12/h3-5,7-8,12,16H,1-2,6,9H2,(H,17,18). The van der Waals surface area contributed by atoms with Crippen molar-refractivity contribution in [3.63, 3.8) is 0 Å². The van der Waals surface area contributed by atoms with E-state index in [0.29, 0.717) is 6.04 Å². The van der Waals surface area contributed by atoms with E-state index in [-0.39, 0.29) is 5.82 Å². The van der Waals surface area contributed by atoms with Gasteiger partial charge in [0, 0.05) is 24.2 Å². The van der Waals surface area contributed by atoms with Crippen LogP contribution >= 0.6 is 0 Å². The third-order valence-corrected chi connectivity index (χ3v) is 3.41. The van der Waals surface area contributed by atoms with Gasteiger partial charge in [-0.2, -0.15) is 0 Å². The van der Waals surface area contributed by atoms with Crippen LogP contribution in [0.4, 0.5) is 10.2 Å². The molecule has 3 nitrogen and oxygen atoms in total. The molecule has 1 saturated heterocycles. The first-order valence-electron chi connectivity index (χ1n) is 6.34. The summed E-state index contributed by atoms with van der Waals surface area (Å²) in [6.45, 7) is 1.92. The number of halogens is 1. The monoisotopic (exact) mass is 245 g/mol. The number of hydrogen-bond donors (Lipinski definition) is 2. The van der Waals surface area contributed by atoms with Crippen molar-refractivity contribution >= 4 is 16.6 Å². The van der Waals surface area contributed by atoms with Crippen LogP contribution in [0.5, 0.6) is 0 Å². The lowest BCUT2D eigenvalue weighted by Gasteiger charge is -2.13. The minimum Gasteiger partial charge on any atom is -0.368 e. The molecule has 0 aliphatic carbocycles. The van der Waals surface area contributed by atoms with Gasteiger partial charge in [-0.05, 0) is 43.0 Å². The fraction of sp³-hybridized carbons (Fsp3) is 0.357. The zero-order valence-corrected chi connectivity index (χ0v) is 10.1. The molecule has 1 fully saturated rings. The summed E-state index contributed by atoms with van der Waals surface area (Å²) < 4.78 is 13.3. The van der Waals surface area contributed by atoms with Gasteiger partial charge in [0.1, 0.15) is 11.6 Å². The molecule has 1 aliphatic rings. The van der Waals surface area contributed by atoms with Crippen LogP contribution in [0, 0.1) is 5.82 Å². The lowest BCUT2D eigenvalue weighted by molar-refractivity contribution is 0.629. The number of aromatic nitrogens is 1. The first-order chi connectivity index (χ1) is 8.83. The molecular formula is C14H16FN3. The Morgan fingerprint density at radius 3 is 3.17 bits per heavy atom. The molecule has 4 heteroatoms. The SMILES string of the molecule is Fc1ccc2ccnc(NCC3CCCN3)c2c1. The van der Waals surface area contributed by atoms with Crippen LogP contribution in [0.3, 0.4) is 0 Å². The molecule has 1 aromatic heterocycles. The molecule has 2 N–H and O–H groups in total. The van der Waals surface area contributed by atoms with E-state index in [4.69, 9.17) is 0 Å². The maximum Gasteiger partial charge on any atom is 0.133 e. The number of nitrogens with zero attached hydrogens (tertiary/aromatic N) is 1. The first kappa shape index (κ1) is 11.4. The predicted octanol–water partition coefficient (Wildman–Crippen LogP) is 2.54. The Morgan fingerprint density at radius 1 is 1.39 bits per heavy atom. The van der Waals surface area contributed by atoms with Crippen molar-refractivity contribution in [3.05, 3.63) is 36.3 Å². The summed E-state index contributed by atoms with van der Waals surface area (Å²) in [5, 5.41) is 8.59. The molecule has 0 saturated carbocycles. The first-order valence-corrected chi connectivity index (χ1v) is 6.34. The second-order valence-electron chi connectivity index (χ2n) is 4.70. The van der Waals surface area contributed by atoms with Gasteiger partial charge in [0.2, 0.25) is 0 Å². The van der Waals surface area contributed by atoms with Crippen LogP contribution in [0.25, 0.3) is 10.8 Å². The number of anilines is 1.